The van der Waals surface area contributed by atoms with E-state index in [1.807, 2.05) is 12.3 Å². The summed E-state index contributed by atoms with van der Waals surface area (Å²) in [5.41, 5.74) is 2.76. The molecule has 138 valence electrons. The van der Waals surface area contributed by atoms with Crippen LogP contribution in [-0.2, 0) is 24.2 Å². The van der Waals surface area contributed by atoms with Gasteiger partial charge in [0.15, 0.2) is 0 Å². The number of carbonyl (C=O) groups is 2. The largest absolute Gasteiger partial charge is 0.350 e. The van der Waals surface area contributed by atoms with Crippen LogP contribution >= 0.6 is 11.3 Å². The topological polar surface area (TPSA) is 49.4 Å². The second-order valence-electron chi connectivity index (χ2n) is 6.48. The Kier molecular flexibility index (Phi) is 6.04. The van der Waals surface area contributed by atoms with E-state index in [9.17, 15) is 14.0 Å². The Morgan fingerprint density at radius 2 is 1.92 bits per heavy atom. The third kappa shape index (κ3) is 4.30. The number of hydrogen-bond donors (Lipinski definition) is 1. The fourth-order valence-corrected chi connectivity index (χ4v) is 4.32. The quantitative estimate of drug-likeness (QED) is 0.841. The second kappa shape index (κ2) is 8.45. The molecule has 1 heterocycles. The van der Waals surface area contributed by atoms with Gasteiger partial charge in [0.25, 0.3) is 5.91 Å². The van der Waals surface area contributed by atoms with Crippen molar-refractivity contribution >= 4 is 23.2 Å². The molecule has 1 aliphatic carbocycles. The molecule has 2 amide bonds. The Hall–Kier alpha value is -2.21. The monoisotopic (exact) mass is 374 g/mol. The van der Waals surface area contributed by atoms with Crippen LogP contribution in [0.4, 0.5) is 4.39 Å². The maximum Gasteiger partial charge on any atom is 0.255 e. The minimum absolute atomic E-state index is 0.0289. The number of nitrogens with zero attached hydrogens (tertiary/aromatic N) is 1. The van der Waals surface area contributed by atoms with Gasteiger partial charge in [-0.1, -0.05) is 12.1 Å². The molecule has 26 heavy (non-hydrogen) atoms. The summed E-state index contributed by atoms with van der Waals surface area (Å²) in [5, 5.41) is 4.73. The number of benzene rings is 1. The molecule has 0 saturated heterocycles. The highest BCUT2D eigenvalue weighted by atomic mass is 32.1. The highest BCUT2D eigenvalue weighted by Gasteiger charge is 2.24. The van der Waals surface area contributed by atoms with Crippen LogP contribution in [0.3, 0.4) is 0 Å². The minimum Gasteiger partial charge on any atom is -0.350 e. The van der Waals surface area contributed by atoms with Crippen molar-refractivity contribution in [2.45, 2.75) is 39.2 Å². The van der Waals surface area contributed by atoms with E-state index in [1.54, 1.807) is 28.4 Å². The third-order valence-corrected chi connectivity index (χ3v) is 5.79. The summed E-state index contributed by atoms with van der Waals surface area (Å²) in [7, 11) is 0. The summed E-state index contributed by atoms with van der Waals surface area (Å²) < 4.78 is 12.9. The number of rotatable bonds is 6. The molecule has 3 rings (SSSR count). The number of carbonyl (C=O) groups excluding carboxylic acids is 2. The molecule has 0 spiro atoms. The molecule has 4 nitrogen and oxygen atoms in total. The van der Waals surface area contributed by atoms with Gasteiger partial charge in [0.05, 0.1) is 12.1 Å². The molecule has 2 aromatic rings. The molecule has 0 saturated carbocycles. The van der Waals surface area contributed by atoms with Crippen LogP contribution in [0.25, 0.3) is 0 Å². The first-order chi connectivity index (χ1) is 12.6. The summed E-state index contributed by atoms with van der Waals surface area (Å²) in [4.78, 5) is 28.0. The van der Waals surface area contributed by atoms with Crippen LogP contribution in [0.15, 0.2) is 29.6 Å². The fourth-order valence-electron chi connectivity index (χ4n) is 3.20. The van der Waals surface area contributed by atoms with Crippen LogP contribution < -0.4 is 5.32 Å². The van der Waals surface area contributed by atoms with Gasteiger partial charge in [0.1, 0.15) is 5.82 Å². The molecule has 0 fully saturated rings. The van der Waals surface area contributed by atoms with Gasteiger partial charge in [0, 0.05) is 23.3 Å². The molecule has 1 aliphatic rings. The van der Waals surface area contributed by atoms with Crippen LogP contribution in [0.2, 0.25) is 0 Å². The standard InChI is InChI=1S/C20H23FN2O2S/c1-2-23(12-19(24)22-11-14-7-9-15(21)10-8-14)20(25)17-13-26-18-6-4-3-5-16(17)18/h7-10,13H,2-6,11-12H2,1H3,(H,22,24). The molecule has 0 atom stereocenters. The average Bonchev–Trinajstić information content (AvgIpc) is 3.09. The van der Waals surface area contributed by atoms with Crippen molar-refractivity contribution in [3.05, 3.63) is 57.0 Å². The average molecular weight is 374 g/mol. The summed E-state index contributed by atoms with van der Waals surface area (Å²) in [6.45, 7) is 2.71. The van der Waals surface area contributed by atoms with E-state index < -0.39 is 0 Å². The van der Waals surface area contributed by atoms with Gasteiger partial charge in [-0.15, -0.1) is 11.3 Å². The van der Waals surface area contributed by atoms with Crippen molar-refractivity contribution in [1.82, 2.24) is 10.2 Å². The Morgan fingerprint density at radius 1 is 1.19 bits per heavy atom. The SMILES string of the molecule is CCN(CC(=O)NCc1ccc(F)cc1)C(=O)c1csc2c1CCCC2. The van der Waals surface area contributed by atoms with E-state index in [2.05, 4.69) is 5.32 Å². The molecule has 1 aromatic carbocycles. The number of amides is 2. The predicted molar refractivity (Wildman–Crippen MR) is 101 cm³/mol. The number of likely N-dealkylation sites (N-methyl/N-ethyl adjacent to an activating group) is 1. The van der Waals surface area contributed by atoms with Gasteiger partial charge < -0.3 is 10.2 Å². The number of nitrogens with one attached hydrogen (secondary N) is 1. The summed E-state index contributed by atoms with van der Waals surface area (Å²) in [5.74, 6) is -0.584. The number of thiophene rings is 1. The van der Waals surface area contributed by atoms with Crippen LogP contribution in [-0.4, -0.2) is 29.8 Å². The zero-order valence-electron chi connectivity index (χ0n) is 14.9. The number of hydrogen-bond acceptors (Lipinski definition) is 3. The van der Waals surface area contributed by atoms with Gasteiger partial charge in [0.2, 0.25) is 5.91 Å². The number of halogens is 1. The molecule has 1 aromatic heterocycles. The van der Waals surface area contributed by atoms with Crippen molar-refractivity contribution in [2.24, 2.45) is 0 Å². The van der Waals surface area contributed by atoms with E-state index in [4.69, 9.17) is 0 Å². The smallest absolute Gasteiger partial charge is 0.255 e. The summed E-state index contributed by atoms with van der Waals surface area (Å²) in [6, 6.07) is 6.00. The third-order valence-electron chi connectivity index (χ3n) is 4.70. The van der Waals surface area contributed by atoms with Gasteiger partial charge >= 0.3 is 0 Å². The van der Waals surface area contributed by atoms with Gasteiger partial charge in [-0.2, -0.15) is 0 Å². The molecule has 6 heteroatoms. The Balaban J connectivity index is 1.59. The first-order valence-corrected chi connectivity index (χ1v) is 9.86. The zero-order chi connectivity index (χ0) is 18.5. The lowest BCUT2D eigenvalue weighted by Crippen LogP contribution is -2.40. The van der Waals surface area contributed by atoms with E-state index in [0.29, 0.717) is 13.1 Å². The van der Waals surface area contributed by atoms with Gasteiger partial charge in [-0.05, 0) is 55.9 Å². The molecule has 0 radical (unpaired) electrons. The fraction of sp³-hybridized carbons (Fsp3) is 0.400. The lowest BCUT2D eigenvalue weighted by Gasteiger charge is -2.21. The van der Waals surface area contributed by atoms with Crippen LogP contribution in [0.5, 0.6) is 0 Å². The minimum atomic E-state index is -0.304. The Bertz CT molecular complexity index is 786. The predicted octanol–water partition coefficient (Wildman–Crippen LogP) is 3.54. The van der Waals surface area contributed by atoms with Crippen molar-refractivity contribution in [3.63, 3.8) is 0 Å². The summed E-state index contributed by atoms with van der Waals surface area (Å²) >= 11 is 1.66. The van der Waals surface area contributed by atoms with E-state index >= 15 is 0 Å². The van der Waals surface area contributed by atoms with Crippen molar-refractivity contribution < 1.29 is 14.0 Å². The molecule has 0 aliphatic heterocycles. The first kappa shape index (κ1) is 18.6. The van der Waals surface area contributed by atoms with E-state index in [1.165, 1.54) is 29.0 Å². The maximum absolute atomic E-state index is 12.9. The Morgan fingerprint density at radius 3 is 2.65 bits per heavy atom. The highest BCUT2D eigenvalue weighted by Crippen LogP contribution is 2.30. The lowest BCUT2D eigenvalue weighted by molar-refractivity contribution is -0.121. The molecular weight excluding hydrogens is 351 g/mol. The van der Waals surface area contributed by atoms with E-state index in [0.717, 1.165) is 30.4 Å². The Labute approximate surface area is 157 Å². The van der Waals surface area contributed by atoms with Crippen molar-refractivity contribution in [1.29, 1.82) is 0 Å². The van der Waals surface area contributed by atoms with Crippen LogP contribution in [0.1, 0.15) is 46.1 Å². The molecule has 0 bridgehead atoms. The summed E-state index contributed by atoms with van der Waals surface area (Å²) in [6.07, 6.45) is 4.31. The van der Waals surface area contributed by atoms with Gasteiger partial charge in [-0.25, -0.2) is 4.39 Å². The molecule has 1 N–H and O–H groups in total. The van der Waals surface area contributed by atoms with Gasteiger partial charge in [-0.3, -0.25) is 9.59 Å². The van der Waals surface area contributed by atoms with Crippen molar-refractivity contribution in [2.75, 3.05) is 13.1 Å². The van der Waals surface area contributed by atoms with Crippen molar-refractivity contribution in [3.8, 4) is 0 Å². The molecule has 0 unspecified atom stereocenters. The first-order valence-electron chi connectivity index (χ1n) is 8.98. The number of aryl methyl sites for hydroxylation is 1. The van der Waals surface area contributed by atoms with Crippen LogP contribution in [0, 0.1) is 5.82 Å². The second-order valence-corrected chi connectivity index (χ2v) is 7.44. The highest BCUT2D eigenvalue weighted by molar-refractivity contribution is 7.10. The van der Waals surface area contributed by atoms with E-state index in [-0.39, 0.29) is 24.2 Å². The maximum atomic E-state index is 12.9. The normalized spacial score (nSPS) is 13.2. The number of fused-ring (bicyclic) bond motifs is 1. The molecular formula is C20H23FN2O2S. The lowest BCUT2D eigenvalue weighted by atomic mass is 9.95. The zero-order valence-corrected chi connectivity index (χ0v) is 15.7.